The topological polar surface area (TPSA) is 56.5 Å². The predicted octanol–water partition coefficient (Wildman–Crippen LogP) is 4.82. The van der Waals surface area contributed by atoms with Crippen LogP contribution in [0.25, 0.3) is 28.2 Å². The summed E-state index contributed by atoms with van der Waals surface area (Å²) in [6, 6.07) is 16.6. The molecule has 0 fully saturated rings. The maximum Gasteiger partial charge on any atom is 0.344 e. The van der Waals surface area contributed by atoms with Gasteiger partial charge in [-0.1, -0.05) is 61.9 Å². The lowest BCUT2D eigenvalue weighted by molar-refractivity contribution is -0.137. The Balaban J connectivity index is 2.08. The van der Waals surface area contributed by atoms with E-state index in [0.717, 1.165) is 23.8 Å². The maximum absolute atomic E-state index is 12.4. The number of esters is 1. The van der Waals surface area contributed by atoms with Crippen molar-refractivity contribution in [2.75, 3.05) is 6.61 Å². The van der Waals surface area contributed by atoms with E-state index >= 15 is 0 Å². The smallest absolute Gasteiger partial charge is 0.344 e. The van der Waals surface area contributed by atoms with Crippen molar-refractivity contribution in [2.24, 2.45) is 0 Å². The maximum atomic E-state index is 12.4. The van der Waals surface area contributed by atoms with Gasteiger partial charge in [-0.15, -0.1) is 0 Å². The summed E-state index contributed by atoms with van der Waals surface area (Å²) in [5.74, 6) is 0.0275. The number of carbonyl (C=O) groups is 1. The Morgan fingerprint density at radius 3 is 2.46 bits per heavy atom. The summed E-state index contributed by atoms with van der Waals surface area (Å²) in [5, 5.41) is 1.21. The van der Waals surface area contributed by atoms with Crippen molar-refractivity contribution < 1.29 is 13.9 Å². The quantitative estimate of drug-likeness (QED) is 0.364. The summed E-state index contributed by atoms with van der Waals surface area (Å²) in [5.41, 5.74) is 1.05. The van der Waals surface area contributed by atoms with Gasteiger partial charge in [0.15, 0.2) is 0 Å². The first kappa shape index (κ1) is 17.7. The molecule has 1 aromatic heterocycles. The first-order valence-corrected chi connectivity index (χ1v) is 8.67. The molecule has 2 aromatic carbocycles. The van der Waals surface area contributed by atoms with Gasteiger partial charge in [-0.3, -0.25) is 0 Å². The average Bonchev–Trinajstić information content (AvgIpc) is 2.68. The number of benzene rings is 2. The van der Waals surface area contributed by atoms with Crippen LogP contribution in [0.15, 0.2) is 69.9 Å². The molecule has 0 aliphatic rings. The number of fused-ring (bicyclic) bond motifs is 1. The molecule has 0 aliphatic heterocycles. The van der Waals surface area contributed by atoms with Gasteiger partial charge in [0, 0.05) is 17.2 Å². The molecule has 0 N–H and O–H groups in total. The number of hydrogen-bond acceptors (Lipinski definition) is 4. The fourth-order valence-corrected chi connectivity index (χ4v) is 2.71. The molecule has 3 rings (SSSR count). The summed E-state index contributed by atoms with van der Waals surface area (Å²) in [6.07, 6.45) is 4.83. The van der Waals surface area contributed by atoms with Crippen LogP contribution in [-0.4, -0.2) is 12.6 Å². The molecule has 0 amide bonds. The molecule has 0 radical (unpaired) electrons. The summed E-state index contributed by atoms with van der Waals surface area (Å²) < 4.78 is 10.7. The highest BCUT2D eigenvalue weighted by Crippen LogP contribution is 2.29. The second-order valence-corrected chi connectivity index (χ2v) is 5.90. The van der Waals surface area contributed by atoms with Crippen LogP contribution in [-0.2, 0) is 9.53 Å². The van der Waals surface area contributed by atoms with E-state index in [2.05, 4.69) is 0 Å². The SMILES string of the molecule is CCCCOC(=O)/C=C/c1c(-c2ccccc2)oc(=O)c2ccccc12. The zero-order valence-corrected chi connectivity index (χ0v) is 14.6. The molecule has 26 heavy (non-hydrogen) atoms. The van der Waals surface area contributed by atoms with Crippen molar-refractivity contribution in [1.82, 2.24) is 0 Å². The van der Waals surface area contributed by atoms with Crippen LogP contribution in [0.3, 0.4) is 0 Å². The monoisotopic (exact) mass is 348 g/mol. The van der Waals surface area contributed by atoms with E-state index in [0.29, 0.717) is 23.3 Å². The van der Waals surface area contributed by atoms with Crippen molar-refractivity contribution in [3.63, 3.8) is 0 Å². The molecule has 3 aromatic rings. The Kier molecular flexibility index (Phi) is 5.64. The van der Waals surface area contributed by atoms with E-state index in [1.54, 1.807) is 18.2 Å². The van der Waals surface area contributed by atoms with Crippen LogP contribution in [0.4, 0.5) is 0 Å². The molecule has 4 heteroatoms. The molecule has 0 bridgehead atoms. The summed E-state index contributed by atoms with van der Waals surface area (Å²) >= 11 is 0. The molecule has 0 saturated carbocycles. The third-order valence-electron chi connectivity index (χ3n) is 4.04. The lowest BCUT2D eigenvalue weighted by Gasteiger charge is -2.08. The van der Waals surface area contributed by atoms with Gasteiger partial charge in [-0.25, -0.2) is 9.59 Å². The number of ether oxygens (including phenoxy) is 1. The highest BCUT2D eigenvalue weighted by Gasteiger charge is 2.13. The molecule has 4 nitrogen and oxygen atoms in total. The molecule has 132 valence electrons. The highest BCUT2D eigenvalue weighted by atomic mass is 16.5. The van der Waals surface area contributed by atoms with Crippen LogP contribution >= 0.6 is 0 Å². The van der Waals surface area contributed by atoms with E-state index in [4.69, 9.17) is 9.15 Å². The standard InChI is InChI=1S/C22H20O4/c1-2-3-15-25-20(23)14-13-18-17-11-7-8-12-19(17)22(24)26-21(18)16-9-5-4-6-10-16/h4-14H,2-3,15H2,1H3/b14-13+. The Hall–Kier alpha value is -3.14. The van der Waals surface area contributed by atoms with Crippen molar-refractivity contribution in [3.05, 3.63) is 76.7 Å². The van der Waals surface area contributed by atoms with Gasteiger partial charge in [0.1, 0.15) is 5.76 Å². The van der Waals surface area contributed by atoms with Crippen LogP contribution in [0.1, 0.15) is 25.3 Å². The largest absolute Gasteiger partial charge is 0.463 e. The number of unbranched alkanes of at least 4 members (excludes halogenated alkanes) is 1. The Morgan fingerprint density at radius 1 is 1.04 bits per heavy atom. The average molecular weight is 348 g/mol. The van der Waals surface area contributed by atoms with Gasteiger partial charge >= 0.3 is 11.6 Å². The van der Waals surface area contributed by atoms with Crippen LogP contribution < -0.4 is 5.63 Å². The molecule has 0 unspecified atom stereocenters. The highest BCUT2D eigenvalue weighted by molar-refractivity contribution is 5.97. The minimum absolute atomic E-state index is 0.399. The molecule has 1 heterocycles. The van der Waals surface area contributed by atoms with Crippen LogP contribution in [0.2, 0.25) is 0 Å². The fourth-order valence-electron chi connectivity index (χ4n) is 2.71. The minimum Gasteiger partial charge on any atom is -0.463 e. The lowest BCUT2D eigenvalue weighted by Crippen LogP contribution is -2.04. The molecule has 0 spiro atoms. The van der Waals surface area contributed by atoms with Crippen molar-refractivity contribution in [1.29, 1.82) is 0 Å². The second-order valence-electron chi connectivity index (χ2n) is 5.90. The molecular weight excluding hydrogens is 328 g/mol. The van der Waals surface area contributed by atoms with Gasteiger partial charge in [0.05, 0.1) is 12.0 Å². The minimum atomic E-state index is -0.409. The fraction of sp³-hybridized carbons (Fsp3) is 0.182. The van der Waals surface area contributed by atoms with Crippen molar-refractivity contribution >= 4 is 22.8 Å². The summed E-state index contributed by atoms with van der Waals surface area (Å²) in [7, 11) is 0. The van der Waals surface area contributed by atoms with Gasteiger partial charge in [0.2, 0.25) is 0 Å². The van der Waals surface area contributed by atoms with E-state index in [1.165, 1.54) is 6.08 Å². The third-order valence-corrected chi connectivity index (χ3v) is 4.04. The van der Waals surface area contributed by atoms with Gasteiger partial charge in [-0.05, 0) is 23.9 Å². The van der Waals surface area contributed by atoms with Gasteiger partial charge < -0.3 is 9.15 Å². The normalized spacial score (nSPS) is 11.1. The zero-order valence-electron chi connectivity index (χ0n) is 14.6. The summed E-state index contributed by atoms with van der Waals surface area (Å²) in [4.78, 5) is 24.3. The zero-order chi connectivity index (χ0) is 18.4. The number of carbonyl (C=O) groups excluding carboxylic acids is 1. The number of rotatable bonds is 6. The molecule has 0 atom stereocenters. The van der Waals surface area contributed by atoms with Gasteiger partial charge in [-0.2, -0.15) is 0 Å². The first-order chi connectivity index (χ1) is 12.7. The van der Waals surface area contributed by atoms with E-state index < -0.39 is 11.6 Å². The van der Waals surface area contributed by atoms with E-state index in [1.807, 2.05) is 49.4 Å². The second kappa shape index (κ2) is 8.30. The lowest BCUT2D eigenvalue weighted by atomic mass is 10.0. The molecule has 0 aliphatic carbocycles. The van der Waals surface area contributed by atoms with Crippen LogP contribution in [0, 0.1) is 0 Å². The van der Waals surface area contributed by atoms with Crippen molar-refractivity contribution in [3.8, 4) is 11.3 Å². The number of hydrogen-bond donors (Lipinski definition) is 0. The molecule has 0 saturated heterocycles. The predicted molar refractivity (Wildman–Crippen MR) is 103 cm³/mol. The van der Waals surface area contributed by atoms with E-state index in [9.17, 15) is 9.59 Å². The first-order valence-electron chi connectivity index (χ1n) is 8.67. The van der Waals surface area contributed by atoms with Gasteiger partial charge in [0.25, 0.3) is 0 Å². The summed E-state index contributed by atoms with van der Waals surface area (Å²) in [6.45, 7) is 2.43. The van der Waals surface area contributed by atoms with Crippen LogP contribution in [0.5, 0.6) is 0 Å². The molecular formula is C22H20O4. The Labute approximate surface area is 151 Å². The third kappa shape index (κ3) is 3.91. The van der Waals surface area contributed by atoms with Crippen molar-refractivity contribution in [2.45, 2.75) is 19.8 Å². The Bertz CT molecular complexity index is 984. The van der Waals surface area contributed by atoms with E-state index in [-0.39, 0.29) is 0 Å². The Morgan fingerprint density at radius 2 is 1.73 bits per heavy atom.